The Balaban J connectivity index is 1.92. The average molecular weight is 302 g/mol. The normalized spacial score (nSPS) is 11.4. The highest BCUT2D eigenvalue weighted by Crippen LogP contribution is 2.03. The Hall–Kier alpha value is -2.70. The Morgan fingerprint density at radius 1 is 1.32 bits per heavy atom. The van der Waals surface area contributed by atoms with E-state index >= 15 is 0 Å². The number of aromatic nitrogens is 3. The van der Waals surface area contributed by atoms with Gasteiger partial charge < -0.3 is 14.5 Å². The largest absolute Gasteiger partial charge is 0.481 e. The Labute approximate surface area is 128 Å². The molecule has 0 unspecified atom stereocenters. The maximum Gasteiger partial charge on any atom is 0.303 e. The van der Waals surface area contributed by atoms with Gasteiger partial charge in [0.1, 0.15) is 12.3 Å². The van der Waals surface area contributed by atoms with Gasteiger partial charge in [0, 0.05) is 25.0 Å². The van der Waals surface area contributed by atoms with Crippen LogP contribution in [0.4, 0.5) is 0 Å². The van der Waals surface area contributed by atoms with Crippen LogP contribution in [0.15, 0.2) is 48.3 Å². The summed E-state index contributed by atoms with van der Waals surface area (Å²) in [5.41, 5.74) is 1.43. The van der Waals surface area contributed by atoms with Gasteiger partial charge in [0.05, 0.1) is 18.6 Å². The molecule has 2 heterocycles. The number of hydrogen-bond donors (Lipinski definition) is 1. The number of carboxylic acid groups (broad SMARTS) is 1. The number of carboxylic acids is 1. The third-order valence-electron chi connectivity index (χ3n) is 2.90. The number of oxime groups is 1. The van der Waals surface area contributed by atoms with Crippen LogP contribution in [0, 0.1) is 0 Å². The molecule has 116 valence electrons. The van der Waals surface area contributed by atoms with Crippen LogP contribution < -0.4 is 0 Å². The van der Waals surface area contributed by atoms with E-state index in [1.807, 2.05) is 29.0 Å². The maximum atomic E-state index is 10.4. The second-order valence-corrected chi connectivity index (χ2v) is 4.67. The van der Waals surface area contributed by atoms with Crippen molar-refractivity contribution >= 4 is 11.7 Å². The Bertz CT molecular complexity index is 597. The zero-order valence-corrected chi connectivity index (χ0v) is 12.1. The number of rotatable bonds is 9. The molecule has 0 aliphatic heterocycles. The molecule has 0 saturated carbocycles. The fourth-order valence-corrected chi connectivity index (χ4v) is 1.81. The minimum absolute atomic E-state index is 0.148. The van der Waals surface area contributed by atoms with E-state index in [9.17, 15) is 4.79 Å². The fourth-order valence-electron chi connectivity index (χ4n) is 1.81. The van der Waals surface area contributed by atoms with E-state index in [0.717, 1.165) is 5.69 Å². The molecule has 7 nitrogen and oxygen atoms in total. The summed E-state index contributed by atoms with van der Waals surface area (Å²) in [5.74, 6) is -0.794. The van der Waals surface area contributed by atoms with Gasteiger partial charge in [-0.05, 0) is 25.0 Å². The third kappa shape index (κ3) is 5.35. The molecule has 1 N–H and O–H groups in total. The maximum absolute atomic E-state index is 10.4. The van der Waals surface area contributed by atoms with Crippen LogP contribution in [0.3, 0.4) is 0 Å². The second-order valence-electron chi connectivity index (χ2n) is 4.67. The first-order valence-corrected chi connectivity index (χ1v) is 7.03. The molecule has 7 heteroatoms. The standard InChI is InChI=1S/C15H18N4O3/c20-15(21)6-2-4-10-22-18-14(11-19-9-8-16-12-19)13-5-1-3-7-17-13/h1,3,5,7-9,12H,2,4,6,10-11H2,(H,20,21)/b18-14+. The van der Waals surface area contributed by atoms with Crippen molar-refractivity contribution in [3.05, 3.63) is 48.8 Å². The lowest BCUT2D eigenvalue weighted by Crippen LogP contribution is -2.13. The predicted molar refractivity (Wildman–Crippen MR) is 80.4 cm³/mol. The predicted octanol–water partition coefficient (Wildman–Crippen LogP) is 1.95. The third-order valence-corrected chi connectivity index (χ3v) is 2.90. The molecule has 0 aliphatic rings. The van der Waals surface area contributed by atoms with Crippen LogP contribution in [-0.2, 0) is 16.2 Å². The summed E-state index contributed by atoms with van der Waals surface area (Å²) in [6.07, 6.45) is 8.31. The quantitative estimate of drug-likeness (QED) is 0.434. The highest BCUT2D eigenvalue weighted by molar-refractivity contribution is 5.98. The van der Waals surface area contributed by atoms with Crippen molar-refractivity contribution in [2.75, 3.05) is 6.61 Å². The molecule has 2 rings (SSSR count). The lowest BCUT2D eigenvalue weighted by atomic mass is 10.2. The minimum atomic E-state index is -0.794. The fraction of sp³-hybridized carbons (Fsp3) is 0.333. The highest BCUT2D eigenvalue weighted by atomic mass is 16.6. The van der Waals surface area contributed by atoms with Crippen molar-refractivity contribution in [2.45, 2.75) is 25.8 Å². The molecule has 0 amide bonds. The first-order valence-electron chi connectivity index (χ1n) is 7.03. The summed E-state index contributed by atoms with van der Waals surface area (Å²) in [4.78, 5) is 24.0. The summed E-state index contributed by atoms with van der Waals surface area (Å²) in [6.45, 7) is 0.889. The van der Waals surface area contributed by atoms with Crippen LogP contribution in [0.5, 0.6) is 0 Å². The zero-order chi connectivity index (χ0) is 15.6. The van der Waals surface area contributed by atoms with Gasteiger partial charge in [-0.15, -0.1) is 0 Å². The second kappa shape index (κ2) is 8.56. The minimum Gasteiger partial charge on any atom is -0.481 e. The topological polar surface area (TPSA) is 89.6 Å². The number of imidazole rings is 1. The SMILES string of the molecule is O=C(O)CCCCO/N=C(\Cn1ccnc1)c1ccccn1. The molecule has 2 aromatic rings. The van der Waals surface area contributed by atoms with Gasteiger partial charge in [-0.3, -0.25) is 9.78 Å². The first kappa shape index (κ1) is 15.7. The van der Waals surface area contributed by atoms with Gasteiger partial charge in [0.2, 0.25) is 0 Å². The van der Waals surface area contributed by atoms with Crippen LogP contribution in [0.25, 0.3) is 0 Å². The van der Waals surface area contributed by atoms with Gasteiger partial charge in [0.15, 0.2) is 0 Å². The van der Waals surface area contributed by atoms with Gasteiger partial charge in [0.25, 0.3) is 0 Å². The molecule has 0 bridgehead atoms. The molecular weight excluding hydrogens is 284 g/mol. The molecule has 0 atom stereocenters. The molecule has 0 radical (unpaired) electrons. The zero-order valence-electron chi connectivity index (χ0n) is 12.1. The van der Waals surface area contributed by atoms with E-state index in [1.54, 1.807) is 18.7 Å². The number of pyridine rings is 1. The van der Waals surface area contributed by atoms with E-state index < -0.39 is 5.97 Å². The molecule has 0 aromatic carbocycles. The van der Waals surface area contributed by atoms with E-state index in [4.69, 9.17) is 9.94 Å². The van der Waals surface area contributed by atoms with E-state index in [0.29, 0.717) is 31.7 Å². The Morgan fingerprint density at radius 2 is 2.23 bits per heavy atom. The molecule has 0 aliphatic carbocycles. The Kier molecular flexibility index (Phi) is 6.10. The van der Waals surface area contributed by atoms with Crippen molar-refractivity contribution in [1.29, 1.82) is 0 Å². The molecule has 0 saturated heterocycles. The number of aliphatic carboxylic acids is 1. The van der Waals surface area contributed by atoms with Crippen molar-refractivity contribution in [2.24, 2.45) is 5.16 Å². The van der Waals surface area contributed by atoms with E-state index in [1.165, 1.54) is 0 Å². The van der Waals surface area contributed by atoms with E-state index in [-0.39, 0.29) is 6.42 Å². The number of nitrogens with zero attached hydrogens (tertiary/aromatic N) is 4. The summed E-state index contributed by atoms with van der Waals surface area (Å²) >= 11 is 0. The van der Waals surface area contributed by atoms with Crippen LogP contribution >= 0.6 is 0 Å². The Morgan fingerprint density at radius 3 is 2.91 bits per heavy atom. The van der Waals surface area contributed by atoms with Crippen molar-refractivity contribution in [3.8, 4) is 0 Å². The molecule has 0 spiro atoms. The number of hydrogen-bond acceptors (Lipinski definition) is 5. The first-order chi connectivity index (χ1) is 10.8. The van der Waals surface area contributed by atoms with Crippen LogP contribution in [0.2, 0.25) is 0 Å². The van der Waals surface area contributed by atoms with Gasteiger partial charge in [-0.25, -0.2) is 4.98 Å². The summed E-state index contributed by atoms with van der Waals surface area (Å²) in [7, 11) is 0. The number of unbranched alkanes of at least 4 members (excludes halogenated alkanes) is 1. The van der Waals surface area contributed by atoms with Crippen molar-refractivity contribution < 1.29 is 14.7 Å². The summed E-state index contributed by atoms with van der Waals surface area (Å²) in [5, 5.41) is 12.7. The van der Waals surface area contributed by atoms with Crippen molar-refractivity contribution in [3.63, 3.8) is 0 Å². The molecule has 0 fully saturated rings. The lowest BCUT2D eigenvalue weighted by Gasteiger charge is -2.07. The monoisotopic (exact) mass is 302 g/mol. The van der Waals surface area contributed by atoms with Crippen LogP contribution in [0.1, 0.15) is 25.0 Å². The highest BCUT2D eigenvalue weighted by Gasteiger charge is 2.07. The molecular formula is C15H18N4O3. The lowest BCUT2D eigenvalue weighted by molar-refractivity contribution is -0.137. The van der Waals surface area contributed by atoms with E-state index in [2.05, 4.69) is 15.1 Å². The summed E-state index contributed by atoms with van der Waals surface area (Å²) in [6, 6.07) is 5.59. The summed E-state index contributed by atoms with van der Waals surface area (Å²) < 4.78 is 1.88. The van der Waals surface area contributed by atoms with Crippen molar-refractivity contribution in [1.82, 2.24) is 14.5 Å². The number of carbonyl (C=O) groups is 1. The molecule has 2 aromatic heterocycles. The average Bonchev–Trinajstić information content (AvgIpc) is 3.03. The van der Waals surface area contributed by atoms with Crippen LogP contribution in [-0.4, -0.2) is 37.9 Å². The smallest absolute Gasteiger partial charge is 0.303 e. The molecule has 22 heavy (non-hydrogen) atoms. The van der Waals surface area contributed by atoms with Gasteiger partial charge in [-0.2, -0.15) is 0 Å². The van der Waals surface area contributed by atoms with Gasteiger partial charge in [-0.1, -0.05) is 11.2 Å². The van der Waals surface area contributed by atoms with Gasteiger partial charge >= 0.3 is 5.97 Å².